The molecule has 0 spiro atoms. The molecule has 2 heterocycles. The number of barbiturate groups is 1. The lowest BCUT2D eigenvalue weighted by atomic mass is 10.1. The number of nitrogens with one attached hydrogen (secondary N) is 1. The van der Waals surface area contributed by atoms with E-state index in [1.165, 1.54) is 5.56 Å². The van der Waals surface area contributed by atoms with Crippen LogP contribution >= 0.6 is 0 Å². The summed E-state index contributed by atoms with van der Waals surface area (Å²) in [5, 5.41) is 3.22. The van der Waals surface area contributed by atoms with Crippen LogP contribution in [0.2, 0.25) is 0 Å². The van der Waals surface area contributed by atoms with E-state index in [0.717, 1.165) is 45.5 Å². The van der Waals surface area contributed by atoms with Crippen molar-refractivity contribution in [1.82, 2.24) is 9.88 Å². The van der Waals surface area contributed by atoms with Crippen LogP contribution in [0.3, 0.4) is 0 Å². The lowest BCUT2D eigenvalue weighted by Gasteiger charge is -2.26. The first kappa shape index (κ1) is 25.0. The van der Waals surface area contributed by atoms with Crippen LogP contribution in [0.15, 0.2) is 84.6 Å². The summed E-state index contributed by atoms with van der Waals surface area (Å²) >= 11 is 0. The predicted octanol–water partition coefficient (Wildman–Crippen LogP) is 5.65. The summed E-state index contributed by atoms with van der Waals surface area (Å²) in [5.74, 6) is -0.514. The zero-order valence-electron chi connectivity index (χ0n) is 21.4. The fourth-order valence-corrected chi connectivity index (χ4v) is 4.56. The molecule has 7 heteroatoms. The second-order valence-corrected chi connectivity index (χ2v) is 9.29. The van der Waals surface area contributed by atoms with E-state index in [-0.39, 0.29) is 5.57 Å². The first-order valence-electron chi connectivity index (χ1n) is 12.7. The van der Waals surface area contributed by atoms with Gasteiger partial charge in [0, 0.05) is 29.2 Å². The van der Waals surface area contributed by atoms with Crippen LogP contribution in [0.4, 0.5) is 10.5 Å². The minimum atomic E-state index is -0.752. The smallest absolute Gasteiger partial charge is 0.335 e. The molecule has 7 nitrogen and oxygen atoms in total. The van der Waals surface area contributed by atoms with Crippen molar-refractivity contribution in [3.05, 3.63) is 101 Å². The number of anilines is 1. The summed E-state index contributed by atoms with van der Waals surface area (Å²) in [7, 11) is 0. The second-order valence-electron chi connectivity index (χ2n) is 9.29. The number of aryl methyl sites for hydroxylation is 3. The Morgan fingerprint density at radius 3 is 2.39 bits per heavy atom. The average Bonchev–Trinajstić information content (AvgIpc) is 3.27. The molecular formula is C31H29N3O4. The van der Waals surface area contributed by atoms with E-state index in [1.54, 1.807) is 18.2 Å². The molecule has 1 aromatic heterocycles. The number of nitrogens with zero attached hydrogens (tertiary/aromatic N) is 2. The molecule has 4 aromatic rings. The van der Waals surface area contributed by atoms with Crippen molar-refractivity contribution < 1.29 is 19.1 Å². The average molecular weight is 508 g/mol. The van der Waals surface area contributed by atoms with Gasteiger partial charge in [0.15, 0.2) is 0 Å². The van der Waals surface area contributed by atoms with Crippen molar-refractivity contribution in [2.75, 3.05) is 11.5 Å². The van der Waals surface area contributed by atoms with E-state index < -0.39 is 17.8 Å². The van der Waals surface area contributed by atoms with E-state index in [4.69, 9.17) is 4.74 Å². The molecule has 1 aliphatic heterocycles. The monoisotopic (exact) mass is 507 g/mol. The molecule has 0 bridgehead atoms. The third-order valence-electron chi connectivity index (χ3n) is 6.66. The third-order valence-corrected chi connectivity index (χ3v) is 6.66. The van der Waals surface area contributed by atoms with Gasteiger partial charge in [0.05, 0.1) is 12.3 Å². The van der Waals surface area contributed by atoms with E-state index in [1.807, 2.05) is 80.7 Å². The number of fused-ring (bicyclic) bond motifs is 1. The van der Waals surface area contributed by atoms with Gasteiger partial charge in [-0.1, -0.05) is 55.0 Å². The number of urea groups is 1. The summed E-state index contributed by atoms with van der Waals surface area (Å²) in [4.78, 5) is 39.7. The van der Waals surface area contributed by atoms with Crippen LogP contribution in [-0.2, 0) is 22.6 Å². The third kappa shape index (κ3) is 5.09. The number of carbonyl (C=O) groups excluding carboxylic acids is 3. The second kappa shape index (κ2) is 10.8. The lowest BCUT2D eigenvalue weighted by molar-refractivity contribution is -0.122. The van der Waals surface area contributed by atoms with Crippen LogP contribution in [0.1, 0.15) is 30.0 Å². The van der Waals surface area contributed by atoms with Crippen molar-refractivity contribution in [2.24, 2.45) is 0 Å². The molecule has 1 N–H and O–H groups in total. The number of ether oxygens (including phenoxy) is 1. The number of hydrogen-bond donors (Lipinski definition) is 1. The van der Waals surface area contributed by atoms with Gasteiger partial charge >= 0.3 is 6.03 Å². The first-order chi connectivity index (χ1) is 18.4. The minimum absolute atomic E-state index is 0.0882. The van der Waals surface area contributed by atoms with E-state index >= 15 is 0 Å². The predicted molar refractivity (Wildman–Crippen MR) is 148 cm³/mol. The van der Waals surface area contributed by atoms with E-state index in [2.05, 4.69) is 9.88 Å². The van der Waals surface area contributed by atoms with Crippen molar-refractivity contribution in [3.8, 4) is 5.75 Å². The SMILES string of the molecule is CCc1ccc(N2C(=O)NC(=O)/C(=C/c3cn(CCCOc4ccc(C)cc4)c4ccccc34)C2=O)cc1. The number of para-hydroxylation sites is 1. The molecule has 0 radical (unpaired) electrons. The summed E-state index contributed by atoms with van der Waals surface area (Å²) in [6, 6.07) is 22.2. The Morgan fingerprint density at radius 1 is 0.921 bits per heavy atom. The maximum absolute atomic E-state index is 13.4. The number of amides is 4. The Hall–Kier alpha value is -4.65. The van der Waals surface area contributed by atoms with Crippen LogP contribution in [0, 0.1) is 6.92 Å². The minimum Gasteiger partial charge on any atom is -0.494 e. The number of imide groups is 2. The molecule has 0 saturated carbocycles. The molecule has 38 heavy (non-hydrogen) atoms. The molecule has 3 aromatic carbocycles. The summed E-state index contributed by atoms with van der Waals surface area (Å²) in [6.45, 7) is 5.32. The van der Waals surface area contributed by atoms with Crippen LogP contribution in [0.25, 0.3) is 17.0 Å². The van der Waals surface area contributed by atoms with Gasteiger partial charge in [0.1, 0.15) is 11.3 Å². The van der Waals surface area contributed by atoms with Crippen molar-refractivity contribution >= 4 is 40.5 Å². The summed E-state index contributed by atoms with van der Waals surface area (Å²) < 4.78 is 7.96. The number of aromatic nitrogens is 1. The van der Waals surface area contributed by atoms with Gasteiger partial charge in [-0.2, -0.15) is 0 Å². The molecule has 5 rings (SSSR count). The number of benzene rings is 3. The van der Waals surface area contributed by atoms with Crippen molar-refractivity contribution in [2.45, 2.75) is 33.2 Å². The van der Waals surface area contributed by atoms with Gasteiger partial charge < -0.3 is 9.30 Å². The summed E-state index contributed by atoms with van der Waals surface area (Å²) in [5.41, 5.74) is 4.32. The molecule has 1 fully saturated rings. The molecular weight excluding hydrogens is 478 g/mol. The van der Waals surface area contributed by atoms with E-state index in [9.17, 15) is 14.4 Å². The first-order valence-corrected chi connectivity index (χ1v) is 12.7. The van der Waals surface area contributed by atoms with Gasteiger partial charge in [0.2, 0.25) is 0 Å². The largest absolute Gasteiger partial charge is 0.494 e. The van der Waals surface area contributed by atoms with Crippen molar-refractivity contribution in [3.63, 3.8) is 0 Å². The zero-order valence-corrected chi connectivity index (χ0v) is 21.4. The van der Waals surface area contributed by atoms with Crippen LogP contribution in [0.5, 0.6) is 5.75 Å². The van der Waals surface area contributed by atoms with Gasteiger partial charge in [0.25, 0.3) is 11.8 Å². The van der Waals surface area contributed by atoms with Crippen LogP contribution < -0.4 is 15.0 Å². The Kier molecular flexibility index (Phi) is 7.09. The highest BCUT2D eigenvalue weighted by atomic mass is 16.5. The Labute approximate surface area is 221 Å². The Bertz CT molecular complexity index is 1530. The highest BCUT2D eigenvalue weighted by Gasteiger charge is 2.37. The van der Waals surface area contributed by atoms with E-state index in [0.29, 0.717) is 18.8 Å². The molecule has 0 atom stereocenters. The fourth-order valence-electron chi connectivity index (χ4n) is 4.56. The Morgan fingerprint density at radius 2 is 1.66 bits per heavy atom. The molecule has 0 unspecified atom stereocenters. The quantitative estimate of drug-likeness (QED) is 0.190. The molecule has 1 aliphatic rings. The number of hydrogen-bond acceptors (Lipinski definition) is 4. The maximum atomic E-state index is 13.4. The van der Waals surface area contributed by atoms with Gasteiger partial charge in [-0.15, -0.1) is 0 Å². The zero-order chi connectivity index (χ0) is 26.6. The topological polar surface area (TPSA) is 80.6 Å². The number of carbonyl (C=O) groups is 3. The molecule has 4 amide bonds. The van der Waals surface area contributed by atoms with Gasteiger partial charge in [-0.3, -0.25) is 14.9 Å². The lowest BCUT2D eigenvalue weighted by Crippen LogP contribution is -2.54. The highest BCUT2D eigenvalue weighted by molar-refractivity contribution is 6.39. The molecule has 0 aliphatic carbocycles. The van der Waals surface area contributed by atoms with Crippen LogP contribution in [-0.4, -0.2) is 29.0 Å². The highest BCUT2D eigenvalue weighted by Crippen LogP contribution is 2.27. The molecule has 1 saturated heterocycles. The Balaban J connectivity index is 1.38. The summed E-state index contributed by atoms with van der Waals surface area (Å²) in [6.07, 6.45) is 5.12. The number of rotatable bonds is 8. The van der Waals surface area contributed by atoms with Crippen molar-refractivity contribution in [1.29, 1.82) is 0 Å². The maximum Gasteiger partial charge on any atom is 0.335 e. The standard InChI is InChI=1S/C31H29N3O4/c1-3-22-11-13-24(14-12-22)34-30(36)27(29(35)32-31(34)37)19-23-20-33(28-8-5-4-7-26(23)28)17-6-18-38-25-15-9-21(2)10-16-25/h4-5,7-16,19-20H,3,6,17-18H2,1-2H3,(H,32,35,37)/b27-19-. The molecule has 192 valence electrons. The fraction of sp³-hybridized carbons (Fsp3) is 0.194. The van der Waals surface area contributed by atoms with Gasteiger partial charge in [-0.25, -0.2) is 9.69 Å². The normalized spacial score (nSPS) is 14.8. The van der Waals surface area contributed by atoms with Gasteiger partial charge in [-0.05, 0) is 61.7 Å².